The van der Waals surface area contributed by atoms with Crippen LogP contribution >= 0.6 is 11.6 Å². The Morgan fingerprint density at radius 2 is 1.88 bits per heavy atom. The Labute approximate surface area is 109 Å². The fourth-order valence-electron chi connectivity index (χ4n) is 1.47. The Kier molecular flexibility index (Phi) is 6.34. The molecule has 0 aliphatic carbocycles. The largest absolute Gasteiger partial charge is 0.384 e. The molecule has 0 atom stereocenters. The van der Waals surface area contributed by atoms with Crippen molar-refractivity contribution in [1.29, 1.82) is 0 Å². The maximum absolute atomic E-state index is 5.91. The monoisotopic (exact) mass is 255 g/mol. The second-order valence-corrected chi connectivity index (χ2v) is 4.98. The van der Waals surface area contributed by atoms with Gasteiger partial charge in [-0.05, 0) is 39.3 Å². The third-order valence-electron chi connectivity index (χ3n) is 2.58. The first-order valence-electron chi connectivity index (χ1n) is 5.90. The first kappa shape index (κ1) is 14.3. The molecule has 0 aliphatic heterocycles. The average molecular weight is 256 g/mol. The minimum absolute atomic E-state index is 0.774. The van der Waals surface area contributed by atoms with Gasteiger partial charge in [0.25, 0.3) is 0 Å². The van der Waals surface area contributed by atoms with E-state index in [-0.39, 0.29) is 0 Å². The Hall–Kier alpha value is -0.770. The highest BCUT2D eigenvalue weighted by Gasteiger charge is 1.99. The van der Waals surface area contributed by atoms with E-state index in [1.807, 2.05) is 24.3 Å². The molecule has 0 aliphatic rings. The summed E-state index contributed by atoms with van der Waals surface area (Å²) in [6.45, 7) is 4.14. The Morgan fingerprint density at radius 1 is 1.12 bits per heavy atom. The van der Waals surface area contributed by atoms with Crippen LogP contribution in [0.5, 0.6) is 0 Å². The molecule has 0 bridgehead atoms. The second-order valence-electron chi connectivity index (χ2n) is 4.54. The molecule has 3 nitrogen and oxygen atoms in total. The van der Waals surface area contributed by atoms with Gasteiger partial charge >= 0.3 is 0 Å². The number of hydrogen-bond acceptors (Lipinski definition) is 3. The van der Waals surface area contributed by atoms with Crippen LogP contribution in [0.4, 0.5) is 5.69 Å². The Bertz CT molecular complexity index is 328. The third kappa shape index (κ3) is 6.51. The highest BCUT2D eigenvalue weighted by atomic mass is 35.5. The summed E-state index contributed by atoms with van der Waals surface area (Å²) in [5.74, 6) is 0. The normalized spacial score (nSPS) is 11.2. The van der Waals surface area contributed by atoms with Crippen molar-refractivity contribution in [2.75, 3.05) is 52.6 Å². The van der Waals surface area contributed by atoms with Gasteiger partial charge in [0.2, 0.25) is 0 Å². The van der Waals surface area contributed by atoms with Crippen molar-refractivity contribution >= 4 is 17.3 Å². The number of likely N-dealkylation sites (N-methyl/N-ethyl adjacent to an activating group) is 2. The van der Waals surface area contributed by atoms with Gasteiger partial charge < -0.3 is 15.1 Å². The van der Waals surface area contributed by atoms with Gasteiger partial charge in [0, 0.05) is 36.9 Å². The molecule has 0 spiro atoms. The molecule has 0 amide bonds. The quantitative estimate of drug-likeness (QED) is 0.806. The summed E-state index contributed by atoms with van der Waals surface area (Å²) in [7, 11) is 6.33. The molecule has 17 heavy (non-hydrogen) atoms. The van der Waals surface area contributed by atoms with Crippen molar-refractivity contribution < 1.29 is 0 Å². The Morgan fingerprint density at radius 3 is 2.53 bits per heavy atom. The van der Waals surface area contributed by atoms with E-state index in [4.69, 9.17) is 11.6 Å². The molecular weight excluding hydrogens is 234 g/mol. The zero-order valence-corrected chi connectivity index (χ0v) is 11.7. The van der Waals surface area contributed by atoms with Crippen LogP contribution in [0.1, 0.15) is 0 Å². The second kappa shape index (κ2) is 7.54. The zero-order valence-electron chi connectivity index (χ0n) is 10.9. The minimum Gasteiger partial charge on any atom is -0.384 e. The SMILES string of the molecule is CN(C)CCN(C)CCNc1cccc(Cl)c1. The molecule has 0 heterocycles. The van der Waals surface area contributed by atoms with Crippen LogP contribution in [0, 0.1) is 0 Å². The molecule has 1 N–H and O–H groups in total. The van der Waals surface area contributed by atoms with Gasteiger partial charge in [-0.15, -0.1) is 0 Å². The number of nitrogens with zero attached hydrogens (tertiary/aromatic N) is 2. The predicted molar refractivity (Wildman–Crippen MR) is 76.0 cm³/mol. The van der Waals surface area contributed by atoms with Gasteiger partial charge in [-0.1, -0.05) is 17.7 Å². The first-order chi connectivity index (χ1) is 8.08. The van der Waals surface area contributed by atoms with E-state index in [9.17, 15) is 0 Å². The molecule has 0 saturated carbocycles. The van der Waals surface area contributed by atoms with Gasteiger partial charge in [0.15, 0.2) is 0 Å². The maximum Gasteiger partial charge on any atom is 0.0426 e. The van der Waals surface area contributed by atoms with Crippen molar-refractivity contribution in [1.82, 2.24) is 9.80 Å². The molecule has 1 aromatic rings. The van der Waals surface area contributed by atoms with Crippen molar-refractivity contribution in [2.45, 2.75) is 0 Å². The fraction of sp³-hybridized carbons (Fsp3) is 0.538. The average Bonchev–Trinajstić information content (AvgIpc) is 2.26. The lowest BCUT2D eigenvalue weighted by Gasteiger charge is -2.19. The predicted octanol–water partition coefficient (Wildman–Crippen LogP) is 2.25. The van der Waals surface area contributed by atoms with Crippen molar-refractivity contribution in [3.63, 3.8) is 0 Å². The number of anilines is 1. The van der Waals surface area contributed by atoms with Crippen LogP contribution < -0.4 is 5.32 Å². The summed E-state index contributed by atoms with van der Waals surface area (Å²) < 4.78 is 0. The topological polar surface area (TPSA) is 18.5 Å². The molecule has 96 valence electrons. The molecule has 0 fully saturated rings. The van der Waals surface area contributed by atoms with Crippen LogP contribution in [0.15, 0.2) is 24.3 Å². The first-order valence-corrected chi connectivity index (χ1v) is 6.28. The fourth-order valence-corrected chi connectivity index (χ4v) is 1.66. The van der Waals surface area contributed by atoms with Gasteiger partial charge in [-0.2, -0.15) is 0 Å². The summed E-state index contributed by atoms with van der Waals surface area (Å²) in [6.07, 6.45) is 0. The summed E-state index contributed by atoms with van der Waals surface area (Å²) >= 11 is 5.91. The third-order valence-corrected chi connectivity index (χ3v) is 2.81. The van der Waals surface area contributed by atoms with Crippen molar-refractivity contribution in [2.24, 2.45) is 0 Å². The molecule has 1 aromatic carbocycles. The van der Waals surface area contributed by atoms with E-state index in [1.54, 1.807) is 0 Å². The van der Waals surface area contributed by atoms with Gasteiger partial charge in [0.1, 0.15) is 0 Å². The maximum atomic E-state index is 5.91. The standard InChI is InChI=1S/C13H22ClN3/c1-16(2)9-10-17(3)8-7-15-13-6-4-5-12(14)11-13/h4-6,11,15H,7-10H2,1-3H3. The highest BCUT2D eigenvalue weighted by Crippen LogP contribution is 2.14. The lowest BCUT2D eigenvalue weighted by Crippen LogP contribution is -2.32. The van der Waals surface area contributed by atoms with Gasteiger partial charge in [-0.3, -0.25) is 0 Å². The van der Waals surface area contributed by atoms with Crippen LogP contribution in [0.25, 0.3) is 0 Å². The van der Waals surface area contributed by atoms with Crippen LogP contribution in [-0.2, 0) is 0 Å². The summed E-state index contributed by atoms with van der Waals surface area (Å²) in [5, 5.41) is 4.14. The summed E-state index contributed by atoms with van der Waals surface area (Å²) in [5.41, 5.74) is 1.08. The smallest absolute Gasteiger partial charge is 0.0426 e. The lowest BCUT2D eigenvalue weighted by atomic mass is 10.3. The zero-order chi connectivity index (χ0) is 12.7. The molecule has 0 aromatic heterocycles. The van der Waals surface area contributed by atoms with E-state index in [0.29, 0.717) is 0 Å². The number of nitrogens with one attached hydrogen (secondary N) is 1. The lowest BCUT2D eigenvalue weighted by molar-refractivity contribution is 0.289. The Balaban J connectivity index is 2.19. The van der Waals surface area contributed by atoms with Crippen molar-refractivity contribution in [3.05, 3.63) is 29.3 Å². The number of halogens is 1. The van der Waals surface area contributed by atoms with E-state index in [2.05, 4.69) is 36.3 Å². The molecule has 0 saturated heterocycles. The van der Waals surface area contributed by atoms with Crippen LogP contribution in [0.3, 0.4) is 0 Å². The molecule has 0 unspecified atom stereocenters. The summed E-state index contributed by atoms with van der Waals surface area (Å²) in [4.78, 5) is 4.51. The number of rotatable bonds is 7. The van der Waals surface area contributed by atoms with E-state index in [1.165, 1.54) is 0 Å². The van der Waals surface area contributed by atoms with Crippen molar-refractivity contribution in [3.8, 4) is 0 Å². The van der Waals surface area contributed by atoms with Gasteiger partial charge in [-0.25, -0.2) is 0 Å². The molecular formula is C13H22ClN3. The number of benzene rings is 1. The molecule has 4 heteroatoms. The molecule has 0 radical (unpaired) electrons. The highest BCUT2D eigenvalue weighted by molar-refractivity contribution is 6.30. The van der Waals surface area contributed by atoms with E-state index < -0.39 is 0 Å². The van der Waals surface area contributed by atoms with Gasteiger partial charge in [0.05, 0.1) is 0 Å². The van der Waals surface area contributed by atoms with E-state index >= 15 is 0 Å². The minimum atomic E-state index is 0.774. The number of hydrogen-bond donors (Lipinski definition) is 1. The summed E-state index contributed by atoms with van der Waals surface area (Å²) in [6, 6.07) is 7.82. The van der Waals surface area contributed by atoms with Crippen LogP contribution in [-0.4, -0.2) is 57.1 Å². The molecule has 1 rings (SSSR count). The van der Waals surface area contributed by atoms with E-state index in [0.717, 1.165) is 36.9 Å². The van der Waals surface area contributed by atoms with Crippen LogP contribution in [0.2, 0.25) is 5.02 Å².